The normalized spacial score (nSPS) is 14.7. The van der Waals surface area contributed by atoms with Gasteiger partial charge in [0.25, 0.3) is 0 Å². The van der Waals surface area contributed by atoms with Gasteiger partial charge >= 0.3 is 0 Å². The molecule has 2 aliphatic carbocycles. The first-order valence-corrected chi connectivity index (χ1v) is 32.6. The van der Waals surface area contributed by atoms with Gasteiger partial charge < -0.3 is 19.3 Å². The number of hydrogen-bond acceptors (Lipinski definition) is 4. The third-order valence-electron chi connectivity index (χ3n) is 19.2. The summed E-state index contributed by atoms with van der Waals surface area (Å²) in [5.41, 5.74) is 14.4. The Morgan fingerprint density at radius 1 is 0.250 bits per heavy atom. The van der Waals surface area contributed by atoms with E-state index in [0.717, 1.165) is 101 Å². The van der Waals surface area contributed by atoms with E-state index >= 15 is 17.6 Å². The lowest BCUT2D eigenvalue weighted by Gasteiger charge is -2.35. The zero-order valence-electron chi connectivity index (χ0n) is 53.6. The van der Waals surface area contributed by atoms with Crippen molar-refractivity contribution >= 4 is 46.3 Å². The van der Waals surface area contributed by atoms with Crippen LogP contribution in [0.15, 0.2) is 329 Å². The fraction of sp³-hybridized carbons (Fsp3) is 0.0222. The number of fused-ring (bicyclic) bond motifs is 6. The third-order valence-corrected chi connectivity index (χ3v) is 19.2. The number of rotatable bonds is 17. The molecule has 0 N–H and O–H groups in total. The summed E-state index contributed by atoms with van der Waals surface area (Å²) in [5.74, 6) is -1.31. The Hall–Kier alpha value is -12.7. The largest absolute Gasteiger partial charge is 0.457 e. The molecule has 482 valence electrons. The number of hydrogen-bond donors (Lipinski definition) is 0. The Morgan fingerprint density at radius 3 is 0.870 bits per heavy atom. The summed E-state index contributed by atoms with van der Waals surface area (Å²) in [6.45, 7) is 7.72. The summed E-state index contributed by atoms with van der Waals surface area (Å²) in [6.07, 6.45) is 3.52. The summed E-state index contributed by atoms with van der Waals surface area (Å²) in [6, 6.07) is 94.4. The SMILES string of the molecule is C=Cc1ccc(Oc2ccc(C3(c4cc(F)cc(F)c4)c4ccccc4-c4ccc(N(c5ccc(F)cc5)c5ccc(-c6ccc(N(c7ccc(F)cc7)c7ccc8c(c7)C(c7ccc(Oc9ccc(C=C)cc9)cc7)(c7cc(F)cc(F)c7)c7ccccc7-8)cc6)cc5)cc43)cc2)cc1. The van der Waals surface area contributed by atoms with E-state index in [1.54, 1.807) is 36.4 Å². The van der Waals surface area contributed by atoms with Crippen LogP contribution >= 0.6 is 0 Å². The summed E-state index contributed by atoms with van der Waals surface area (Å²) in [7, 11) is 0. The first kappa shape index (κ1) is 62.2. The zero-order chi connectivity index (χ0) is 68.2. The molecule has 0 fully saturated rings. The van der Waals surface area contributed by atoms with Gasteiger partial charge in [0, 0.05) is 46.3 Å². The van der Waals surface area contributed by atoms with E-state index in [2.05, 4.69) is 25.3 Å². The van der Waals surface area contributed by atoms with Crippen molar-refractivity contribution in [3.8, 4) is 56.4 Å². The topological polar surface area (TPSA) is 24.9 Å². The molecule has 0 amide bonds. The molecule has 10 heteroatoms. The maximum absolute atomic E-state index is 15.9. The highest BCUT2D eigenvalue weighted by atomic mass is 19.2. The van der Waals surface area contributed by atoms with E-state index < -0.39 is 45.7 Å². The molecule has 0 radical (unpaired) electrons. The third kappa shape index (κ3) is 11.0. The van der Waals surface area contributed by atoms with Crippen molar-refractivity contribution < 1.29 is 35.8 Å². The lowest BCUT2D eigenvalue weighted by Crippen LogP contribution is -2.29. The summed E-state index contributed by atoms with van der Waals surface area (Å²) in [5, 5.41) is 0. The highest BCUT2D eigenvalue weighted by molar-refractivity contribution is 5.92. The average Bonchev–Trinajstić information content (AvgIpc) is 1.53. The van der Waals surface area contributed by atoms with Crippen LogP contribution in [0.25, 0.3) is 45.5 Å². The fourth-order valence-electron chi connectivity index (χ4n) is 14.8. The van der Waals surface area contributed by atoms with Crippen molar-refractivity contribution in [3.63, 3.8) is 0 Å². The smallest absolute Gasteiger partial charge is 0.127 e. The predicted molar refractivity (Wildman–Crippen MR) is 389 cm³/mol. The molecule has 2 atom stereocenters. The molecular weight excluding hydrogens is 1250 g/mol. The molecule has 0 bridgehead atoms. The van der Waals surface area contributed by atoms with E-state index in [-0.39, 0.29) is 0 Å². The maximum Gasteiger partial charge on any atom is 0.127 e. The van der Waals surface area contributed by atoms with Gasteiger partial charge in [-0.05, 0) is 259 Å². The number of ether oxygens (including phenoxy) is 2. The van der Waals surface area contributed by atoms with Crippen molar-refractivity contribution in [1.82, 2.24) is 0 Å². The molecule has 14 aromatic rings. The Bertz CT molecular complexity index is 5070. The Labute approximate surface area is 575 Å². The highest BCUT2D eigenvalue weighted by Gasteiger charge is 2.49. The van der Waals surface area contributed by atoms with Gasteiger partial charge in [0.15, 0.2) is 0 Å². The van der Waals surface area contributed by atoms with Gasteiger partial charge in [-0.3, -0.25) is 0 Å². The van der Waals surface area contributed by atoms with E-state index in [4.69, 9.17) is 9.47 Å². The lowest BCUT2D eigenvalue weighted by molar-refractivity contribution is 0.482. The van der Waals surface area contributed by atoms with Gasteiger partial charge in [0.1, 0.15) is 57.9 Å². The van der Waals surface area contributed by atoms with Crippen molar-refractivity contribution in [1.29, 1.82) is 0 Å². The van der Waals surface area contributed by atoms with Gasteiger partial charge in [-0.1, -0.05) is 159 Å². The highest BCUT2D eigenvalue weighted by Crippen LogP contribution is 2.60. The van der Waals surface area contributed by atoms with Gasteiger partial charge in [-0.2, -0.15) is 0 Å². The van der Waals surface area contributed by atoms with Gasteiger partial charge in [0.2, 0.25) is 0 Å². The van der Waals surface area contributed by atoms with Crippen molar-refractivity contribution in [2.75, 3.05) is 9.80 Å². The van der Waals surface area contributed by atoms with Crippen LogP contribution in [-0.2, 0) is 10.8 Å². The number of halogens is 6. The van der Waals surface area contributed by atoms with E-state index in [1.807, 2.05) is 228 Å². The number of nitrogens with zero attached hydrogens (tertiary/aromatic N) is 2. The Kier molecular flexibility index (Phi) is 15.8. The van der Waals surface area contributed by atoms with Crippen LogP contribution in [0.4, 0.5) is 60.5 Å². The molecule has 14 aromatic carbocycles. The molecule has 16 rings (SSSR count). The molecule has 0 heterocycles. The molecule has 2 unspecified atom stereocenters. The molecule has 4 nitrogen and oxygen atoms in total. The first-order valence-electron chi connectivity index (χ1n) is 32.6. The molecule has 0 aromatic heterocycles. The molecule has 0 aliphatic heterocycles. The van der Waals surface area contributed by atoms with E-state index in [0.29, 0.717) is 56.9 Å². The Morgan fingerprint density at radius 2 is 0.540 bits per heavy atom. The molecule has 0 saturated carbocycles. The quantitative estimate of drug-likeness (QED) is 0.0849. The van der Waals surface area contributed by atoms with Crippen LogP contribution < -0.4 is 19.3 Å². The molecule has 2 aliphatic rings. The van der Waals surface area contributed by atoms with Crippen molar-refractivity contribution in [3.05, 3.63) is 419 Å². The second-order valence-corrected chi connectivity index (χ2v) is 24.9. The van der Waals surface area contributed by atoms with Crippen LogP contribution in [0.2, 0.25) is 0 Å². The standard InChI is InChI=1S/C90H58F6N2O2/c1-3-57-13-39-77(40-14-57)99-79-43-21-61(22-44-79)89(63-49-67(93)53-68(94)50-63)85-11-7-5-9-81(85)83-47-37-75(55-87(83)89)97(73-33-25-65(91)26-34-73)71-29-17-59(18-30-71)60-19-31-72(32-20-60)98(74-35-27-66(92)28-36-74)76-38-48-84-82-10-6-8-12-86(82)90(88(84)56-76,64-51-69(95)54-70(96)52-64)62-23-45-80(46-24-62)100-78-41-15-58(4-2)16-42-78/h3-56H,1-2H2. The number of benzene rings is 14. The summed E-state index contributed by atoms with van der Waals surface area (Å²) < 4.78 is 106. The fourth-order valence-corrected chi connectivity index (χ4v) is 14.8. The maximum atomic E-state index is 15.9. The van der Waals surface area contributed by atoms with Gasteiger partial charge in [-0.15, -0.1) is 0 Å². The van der Waals surface area contributed by atoms with Crippen LogP contribution in [0, 0.1) is 34.9 Å². The minimum atomic E-state index is -1.24. The zero-order valence-corrected chi connectivity index (χ0v) is 53.6. The molecule has 100 heavy (non-hydrogen) atoms. The molecule has 0 spiro atoms. The van der Waals surface area contributed by atoms with Crippen molar-refractivity contribution in [2.24, 2.45) is 0 Å². The average molecular weight is 1310 g/mol. The van der Waals surface area contributed by atoms with Crippen molar-refractivity contribution in [2.45, 2.75) is 10.8 Å². The van der Waals surface area contributed by atoms with E-state index in [9.17, 15) is 8.78 Å². The van der Waals surface area contributed by atoms with Crippen LogP contribution in [0.1, 0.15) is 55.6 Å². The van der Waals surface area contributed by atoms with Crippen LogP contribution in [-0.4, -0.2) is 0 Å². The monoisotopic (exact) mass is 1310 g/mol. The predicted octanol–water partition coefficient (Wildman–Crippen LogP) is 24.7. The van der Waals surface area contributed by atoms with E-state index in [1.165, 1.54) is 48.5 Å². The summed E-state index contributed by atoms with van der Waals surface area (Å²) >= 11 is 0. The van der Waals surface area contributed by atoms with Gasteiger partial charge in [0.05, 0.1) is 10.8 Å². The van der Waals surface area contributed by atoms with Crippen LogP contribution in [0.5, 0.6) is 23.0 Å². The summed E-state index contributed by atoms with van der Waals surface area (Å²) in [4.78, 5) is 4.06. The second-order valence-electron chi connectivity index (χ2n) is 24.9. The minimum Gasteiger partial charge on any atom is -0.457 e. The number of anilines is 6. The second kappa shape index (κ2) is 25.4. The molecule has 0 saturated heterocycles. The van der Waals surface area contributed by atoms with Gasteiger partial charge in [-0.25, -0.2) is 26.3 Å². The minimum absolute atomic E-state index is 0.390. The lowest BCUT2D eigenvalue weighted by atomic mass is 9.67. The first-order chi connectivity index (χ1) is 48.8. The molecular formula is C90H58F6N2O2. The Balaban J connectivity index is 0.772. The van der Waals surface area contributed by atoms with Crippen LogP contribution in [0.3, 0.4) is 0 Å².